The molecule has 3 aliphatic heterocycles. The van der Waals surface area contributed by atoms with Crippen LogP contribution in [0.1, 0.15) is 108 Å². The highest BCUT2D eigenvalue weighted by molar-refractivity contribution is 7.99. The van der Waals surface area contributed by atoms with E-state index in [4.69, 9.17) is 28.4 Å². The molecule has 4 rings (SSSR count). The molecule has 3 saturated heterocycles. The van der Waals surface area contributed by atoms with E-state index in [0.717, 1.165) is 12.2 Å². The summed E-state index contributed by atoms with van der Waals surface area (Å²) in [5, 5.41) is 63.6. The summed E-state index contributed by atoms with van der Waals surface area (Å²) >= 11 is 1.60. The highest BCUT2D eigenvalue weighted by Crippen LogP contribution is 2.45. The molecule has 65 heavy (non-hydrogen) atoms. The first-order valence-electron chi connectivity index (χ1n) is 23.6. The number of nitrogens with one attached hydrogen (secondary N) is 1. The number of carbonyl (C=O) groups excluding carboxylic acids is 2. The Labute approximate surface area is 392 Å². The molecular weight excluding hydrogens is 859 g/mol. The normalized spacial score (nSPS) is 42.6. The van der Waals surface area contributed by atoms with Crippen LogP contribution >= 0.6 is 11.8 Å². The first-order chi connectivity index (χ1) is 30.3. The third-order valence-electron chi connectivity index (χ3n) is 14.4. The number of urea groups is 1. The second-order valence-corrected chi connectivity index (χ2v) is 21.0. The van der Waals surface area contributed by atoms with Gasteiger partial charge in [0.15, 0.2) is 12.6 Å². The number of methoxy groups -OCH3 is 1. The van der Waals surface area contributed by atoms with Gasteiger partial charge in [0, 0.05) is 51.0 Å². The summed E-state index contributed by atoms with van der Waals surface area (Å²) < 4.78 is 38.7. The number of hydrogen-bond donors (Lipinski definition) is 6. The van der Waals surface area contributed by atoms with Crippen LogP contribution in [0.3, 0.4) is 0 Å². The fourth-order valence-electron chi connectivity index (χ4n) is 10.1. The first-order valence-corrected chi connectivity index (χ1v) is 24.7. The van der Waals surface area contributed by atoms with Crippen LogP contribution < -0.4 is 10.2 Å². The van der Waals surface area contributed by atoms with Crippen LogP contribution in [0.2, 0.25) is 0 Å². The highest BCUT2D eigenvalue weighted by Gasteiger charge is 2.58. The van der Waals surface area contributed by atoms with Crippen molar-refractivity contribution in [1.29, 1.82) is 0 Å². The maximum absolute atomic E-state index is 14.5. The molecule has 2 amide bonds. The van der Waals surface area contributed by atoms with Gasteiger partial charge in [-0.3, -0.25) is 9.69 Å². The number of aliphatic hydroxyl groups excluding tert-OH is 2. The molecule has 0 aliphatic carbocycles. The van der Waals surface area contributed by atoms with E-state index >= 15 is 0 Å². The van der Waals surface area contributed by atoms with Crippen LogP contribution in [0, 0.1) is 17.8 Å². The average molecular weight is 942 g/mol. The van der Waals surface area contributed by atoms with Crippen molar-refractivity contribution in [3.63, 3.8) is 0 Å². The number of amides is 2. The van der Waals surface area contributed by atoms with Gasteiger partial charge >= 0.3 is 12.0 Å². The van der Waals surface area contributed by atoms with Gasteiger partial charge in [-0.25, -0.2) is 4.79 Å². The zero-order valence-corrected chi connectivity index (χ0v) is 42.2. The number of rotatable bonds is 12. The molecule has 3 fully saturated rings. The first kappa shape index (κ1) is 55.5. The molecule has 3 heterocycles. The molecule has 1 aromatic rings. The van der Waals surface area contributed by atoms with E-state index < -0.39 is 108 Å². The van der Waals surface area contributed by atoms with Gasteiger partial charge in [-0.2, -0.15) is 11.8 Å². The number of carbonyl (C=O) groups is 2. The summed E-state index contributed by atoms with van der Waals surface area (Å²) in [6.45, 7) is 19.7. The molecule has 0 unspecified atom stereocenters. The second kappa shape index (κ2) is 23.0. The van der Waals surface area contributed by atoms with Crippen molar-refractivity contribution in [2.45, 2.75) is 198 Å². The lowest BCUT2D eigenvalue weighted by Gasteiger charge is -2.53. The van der Waals surface area contributed by atoms with Gasteiger partial charge in [0.1, 0.15) is 35.1 Å². The molecule has 0 bridgehead atoms. The summed E-state index contributed by atoms with van der Waals surface area (Å²) in [6, 6.07) is 7.43. The van der Waals surface area contributed by atoms with Crippen molar-refractivity contribution in [2.75, 3.05) is 44.2 Å². The Morgan fingerprint density at radius 3 is 2.20 bits per heavy atom. The van der Waals surface area contributed by atoms with Crippen molar-refractivity contribution in [2.24, 2.45) is 17.8 Å². The zero-order chi connectivity index (χ0) is 48.8. The predicted octanol–water partition coefficient (Wildman–Crippen LogP) is 4.70. The van der Waals surface area contributed by atoms with Gasteiger partial charge < -0.3 is 64.2 Å². The molecular formula is C48H83N3O13S. The van der Waals surface area contributed by atoms with E-state index in [2.05, 4.69) is 12.2 Å². The number of aliphatic hydroxyl groups is 5. The van der Waals surface area contributed by atoms with Crippen LogP contribution in [0.15, 0.2) is 30.3 Å². The van der Waals surface area contributed by atoms with Crippen molar-refractivity contribution < 1.29 is 63.5 Å². The Bertz CT molecular complexity index is 1660. The van der Waals surface area contributed by atoms with E-state index in [9.17, 15) is 35.1 Å². The van der Waals surface area contributed by atoms with Gasteiger partial charge in [-0.15, -0.1) is 0 Å². The lowest BCUT2D eigenvalue weighted by atomic mass is 9.76. The zero-order valence-electron chi connectivity index (χ0n) is 41.4. The molecule has 0 radical (unpaired) electrons. The maximum atomic E-state index is 14.5. The second-order valence-electron chi connectivity index (χ2n) is 19.9. The minimum Gasteiger partial charge on any atom is -0.459 e. The fourth-order valence-corrected chi connectivity index (χ4v) is 11.4. The topological polar surface area (TPSA) is 209 Å². The Balaban J connectivity index is 1.80. The molecule has 1 aromatic carbocycles. The van der Waals surface area contributed by atoms with Crippen LogP contribution in [0.5, 0.6) is 0 Å². The quantitative estimate of drug-likeness (QED) is 0.124. The van der Waals surface area contributed by atoms with E-state index in [-0.39, 0.29) is 31.2 Å². The lowest BCUT2D eigenvalue weighted by Crippen LogP contribution is -2.68. The number of anilines is 1. The highest BCUT2D eigenvalue weighted by atomic mass is 32.2. The molecule has 3 aliphatic rings. The van der Waals surface area contributed by atoms with Gasteiger partial charge in [-0.1, -0.05) is 45.9 Å². The number of esters is 1. The third-order valence-corrected chi connectivity index (χ3v) is 15.8. The van der Waals surface area contributed by atoms with Crippen molar-refractivity contribution in [1.82, 2.24) is 10.2 Å². The van der Waals surface area contributed by atoms with Crippen molar-refractivity contribution in [3.05, 3.63) is 30.3 Å². The number of thioether (sulfide) groups is 1. The van der Waals surface area contributed by atoms with E-state index in [1.165, 1.54) is 23.8 Å². The van der Waals surface area contributed by atoms with Gasteiger partial charge in [0.05, 0.1) is 42.0 Å². The number of ether oxygens (including phenoxy) is 6. The van der Waals surface area contributed by atoms with Crippen molar-refractivity contribution in [3.8, 4) is 0 Å². The smallest absolute Gasteiger partial charge is 0.324 e. The number of likely N-dealkylation sites (N-methyl/N-ethyl adjacent to an activating group) is 1. The number of cyclic esters (lactones) is 1. The number of nitrogens with zero attached hydrogens (tertiary/aromatic N) is 2. The van der Waals surface area contributed by atoms with E-state index in [1.54, 1.807) is 67.4 Å². The molecule has 0 aromatic heterocycles. The largest absolute Gasteiger partial charge is 0.459 e. The van der Waals surface area contributed by atoms with E-state index in [0.29, 0.717) is 24.4 Å². The Hall–Kier alpha value is -2.13. The van der Waals surface area contributed by atoms with Crippen LogP contribution in [0.4, 0.5) is 10.5 Å². The summed E-state index contributed by atoms with van der Waals surface area (Å²) in [6.07, 6.45) is -8.15. The molecule has 0 spiro atoms. The Kier molecular flexibility index (Phi) is 19.6. The standard InChI is InChI=1S/C48H83N3O13S/c1-15-22-65-27-48(58)33(8)61-37(25-46(48,10)59-14)63-39-30(5)41(64-43-38(52)35(23-29(4)60-43)51(13)44(55)50(12)34-20-18-17-19-21-34)45(9,56)24-28(3)26-49-32(7)40(53)47(11,57)36(16-2)62-42(54)31(39)6/h17-21,28-33,35-41,43,49,52-53,56-58H,15-16,22-27H2,1-14H3/t28-,29-,30+,31-,32-,33+,35+,36-,37+,38-,39+,40-,41-,43+,45-,46-,47-,48+/m1/s1. The number of benzene rings is 1. The SMILES string of the molecule is CCCSC[C@]1(O)[C@H](C)O[C@@H](O[C@H]2[C@H](C)[C@@H](O[C@@H]3O[C@H](C)C[C@H](N(C)C(=O)N(C)c4ccccc4)[C@H]3O)[C@](C)(O)C[C@@H](C)CN[C@H](C)[C@@H](O)[C@](C)(O)[C@@H](CC)OC(=O)[C@@H]2C)C[C@@]1(C)OC. The van der Waals surface area contributed by atoms with Crippen LogP contribution in [-0.4, -0.2) is 171 Å². The summed E-state index contributed by atoms with van der Waals surface area (Å²) in [5.74, 6) is -1.75. The monoisotopic (exact) mass is 942 g/mol. The Morgan fingerprint density at radius 1 is 0.954 bits per heavy atom. The molecule has 16 nitrogen and oxygen atoms in total. The molecule has 6 N–H and O–H groups in total. The van der Waals surface area contributed by atoms with Gasteiger partial charge in [-0.05, 0) is 104 Å². The van der Waals surface area contributed by atoms with Crippen LogP contribution in [0.25, 0.3) is 0 Å². The predicted molar refractivity (Wildman–Crippen MR) is 250 cm³/mol. The van der Waals surface area contributed by atoms with Gasteiger partial charge in [0.2, 0.25) is 0 Å². The molecule has 0 saturated carbocycles. The lowest BCUT2D eigenvalue weighted by molar-refractivity contribution is -0.333. The summed E-state index contributed by atoms with van der Waals surface area (Å²) in [5.41, 5.74) is -5.40. The van der Waals surface area contributed by atoms with E-state index in [1.807, 2.05) is 51.1 Å². The van der Waals surface area contributed by atoms with Crippen LogP contribution in [-0.2, 0) is 33.2 Å². The average Bonchev–Trinajstić information content (AvgIpc) is 3.26. The molecule has 17 heteroatoms. The minimum atomic E-state index is -1.85. The van der Waals surface area contributed by atoms with Gasteiger partial charge in [0.25, 0.3) is 0 Å². The number of para-hydroxylation sites is 1. The third kappa shape index (κ3) is 12.6. The fraction of sp³-hybridized carbons (Fsp3) is 0.833. The summed E-state index contributed by atoms with van der Waals surface area (Å²) in [7, 11) is 4.83. The molecule has 374 valence electrons. The number of hydrogen-bond acceptors (Lipinski definition) is 15. The molecule has 18 atom stereocenters. The van der Waals surface area contributed by atoms with Crippen molar-refractivity contribution >= 4 is 29.4 Å². The minimum absolute atomic E-state index is 0.0739. The Morgan fingerprint density at radius 2 is 1.60 bits per heavy atom. The maximum Gasteiger partial charge on any atom is 0.324 e. The summed E-state index contributed by atoms with van der Waals surface area (Å²) in [4.78, 5) is 31.4.